The summed E-state index contributed by atoms with van der Waals surface area (Å²) in [4.78, 5) is 32.2. The van der Waals surface area contributed by atoms with Crippen LogP contribution < -0.4 is 0 Å². The van der Waals surface area contributed by atoms with Gasteiger partial charge in [0.1, 0.15) is 12.7 Å². The third-order valence-electron chi connectivity index (χ3n) is 1.82. The number of hydrogen-bond donors (Lipinski definition) is 2. The second kappa shape index (κ2) is 4.37. The maximum Gasteiger partial charge on any atom is 0.343 e. The zero-order valence-corrected chi connectivity index (χ0v) is 7.87. The van der Waals surface area contributed by atoms with Crippen LogP contribution in [0.4, 0.5) is 0 Å². The molecule has 1 fully saturated rings. The lowest BCUT2D eigenvalue weighted by Crippen LogP contribution is -2.37. The van der Waals surface area contributed by atoms with Crippen LogP contribution in [0, 0.1) is 0 Å². The van der Waals surface area contributed by atoms with Crippen LogP contribution in [-0.2, 0) is 23.9 Å². The Morgan fingerprint density at radius 1 is 1.60 bits per heavy atom. The smallest absolute Gasteiger partial charge is 0.343 e. The van der Waals surface area contributed by atoms with Gasteiger partial charge in [-0.3, -0.25) is 9.59 Å². The molecule has 0 aromatic rings. The van der Waals surface area contributed by atoms with Gasteiger partial charge in [0.2, 0.25) is 11.9 Å². The Morgan fingerprint density at radius 2 is 2.20 bits per heavy atom. The molecule has 1 aliphatic rings. The Balaban J connectivity index is 2.54. The van der Waals surface area contributed by atoms with Gasteiger partial charge in [-0.05, 0) is 0 Å². The maximum atomic E-state index is 11.1. The highest BCUT2D eigenvalue weighted by molar-refractivity contribution is 6.09. The van der Waals surface area contributed by atoms with Gasteiger partial charge in [-0.2, -0.15) is 0 Å². The number of carbonyl (C=O) groups excluding carboxylic acids is 3. The summed E-state index contributed by atoms with van der Waals surface area (Å²) in [5.74, 6) is -2.67. The van der Waals surface area contributed by atoms with Crippen LogP contribution in [0.2, 0.25) is 0 Å². The van der Waals surface area contributed by atoms with Gasteiger partial charge in [0.25, 0.3) is 0 Å². The minimum atomic E-state index is -1.86. The lowest BCUT2D eigenvalue weighted by atomic mass is 10.1. The van der Waals surface area contributed by atoms with Crippen LogP contribution in [0.5, 0.6) is 0 Å². The molecular formula is C8H10O7. The molecule has 1 saturated heterocycles. The number of ketones is 1. The third kappa shape index (κ3) is 2.51. The van der Waals surface area contributed by atoms with Crippen molar-refractivity contribution in [1.29, 1.82) is 0 Å². The monoisotopic (exact) mass is 218 g/mol. The van der Waals surface area contributed by atoms with E-state index in [2.05, 4.69) is 9.47 Å². The second-order valence-electron chi connectivity index (χ2n) is 3.03. The molecule has 2 N–H and O–H groups in total. The molecule has 0 saturated carbocycles. The van der Waals surface area contributed by atoms with Gasteiger partial charge in [-0.15, -0.1) is 0 Å². The number of carbonyl (C=O) groups is 3. The fourth-order valence-electron chi connectivity index (χ4n) is 1.08. The van der Waals surface area contributed by atoms with E-state index in [0.29, 0.717) is 0 Å². The highest BCUT2D eigenvalue weighted by atomic mass is 16.6. The number of hydrogen-bond acceptors (Lipinski definition) is 7. The predicted octanol–water partition coefficient (Wildman–Crippen LogP) is -2.23. The van der Waals surface area contributed by atoms with E-state index in [0.717, 1.165) is 6.92 Å². The lowest BCUT2D eigenvalue weighted by Gasteiger charge is -2.14. The molecule has 0 aliphatic carbocycles. The fraction of sp³-hybridized carbons (Fsp3) is 0.625. The highest BCUT2D eigenvalue weighted by Gasteiger charge is 2.46. The molecule has 84 valence electrons. The molecule has 0 radical (unpaired) electrons. The minimum Gasteiger partial charge on any atom is -0.463 e. The molecule has 1 unspecified atom stereocenters. The summed E-state index contributed by atoms with van der Waals surface area (Å²) in [6.45, 7) is 0.662. The number of rotatable bonds is 3. The molecule has 0 aromatic heterocycles. The predicted molar refractivity (Wildman–Crippen MR) is 43.5 cm³/mol. The van der Waals surface area contributed by atoms with Crippen molar-refractivity contribution in [2.24, 2.45) is 0 Å². The SMILES string of the molecule is CC(=O)OC[C@H](O)[C@H]1OC(=O)C(O)C1=O. The van der Waals surface area contributed by atoms with Gasteiger partial charge in [0, 0.05) is 6.92 Å². The Kier molecular flexibility index (Phi) is 3.38. The number of cyclic esters (lactones) is 1. The molecule has 3 atom stereocenters. The van der Waals surface area contributed by atoms with E-state index in [1.807, 2.05) is 0 Å². The normalized spacial score (nSPS) is 27.4. The average Bonchev–Trinajstić information content (AvgIpc) is 2.42. The topological polar surface area (TPSA) is 110 Å². The number of ether oxygens (including phenoxy) is 2. The molecule has 1 heterocycles. The van der Waals surface area contributed by atoms with E-state index >= 15 is 0 Å². The lowest BCUT2D eigenvalue weighted by molar-refractivity contribution is -0.155. The van der Waals surface area contributed by atoms with E-state index in [-0.39, 0.29) is 0 Å². The molecule has 7 heteroatoms. The standard InChI is InChI=1S/C8H10O7/c1-3(9)14-2-4(10)7-5(11)6(12)8(13)15-7/h4,6-7,10,12H,2H2,1H3/t4-,6?,7+/m0/s1. The van der Waals surface area contributed by atoms with Crippen LogP contribution in [0.15, 0.2) is 0 Å². The van der Waals surface area contributed by atoms with Crippen molar-refractivity contribution >= 4 is 17.7 Å². The molecule has 7 nitrogen and oxygen atoms in total. The largest absolute Gasteiger partial charge is 0.463 e. The fourth-order valence-corrected chi connectivity index (χ4v) is 1.08. The summed E-state index contributed by atoms with van der Waals surface area (Å²) in [5.41, 5.74) is 0. The molecule has 0 bridgehead atoms. The summed E-state index contributed by atoms with van der Waals surface area (Å²) in [6, 6.07) is 0. The van der Waals surface area contributed by atoms with Crippen LogP contribution in [0.1, 0.15) is 6.92 Å². The first-order chi connectivity index (χ1) is 6.93. The van der Waals surface area contributed by atoms with Crippen LogP contribution in [0.3, 0.4) is 0 Å². The van der Waals surface area contributed by atoms with E-state index in [4.69, 9.17) is 5.11 Å². The minimum absolute atomic E-state index is 0.467. The van der Waals surface area contributed by atoms with Gasteiger partial charge in [0.15, 0.2) is 6.10 Å². The zero-order chi connectivity index (χ0) is 11.6. The van der Waals surface area contributed by atoms with Crippen molar-refractivity contribution in [1.82, 2.24) is 0 Å². The summed E-state index contributed by atoms with van der Waals surface area (Å²) in [5, 5.41) is 18.2. The van der Waals surface area contributed by atoms with Crippen LogP contribution in [0.25, 0.3) is 0 Å². The zero-order valence-electron chi connectivity index (χ0n) is 7.87. The van der Waals surface area contributed by atoms with Gasteiger partial charge < -0.3 is 19.7 Å². The Morgan fingerprint density at radius 3 is 2.60 bits per heavy atom. The summed E-state index contributed by atoms with van der Waals surface area (Å²) in [7, 11) is 0. The third-order valence-corrected chi connectivity index (χ3v) is 1.82. The molecule has 0 aromatic carbocycles. The Labute approximate surface area is 84.6 Å². The molecule has 1 aliphatic heterocycles. The first-order valence-electron chi connectivity index (χ1n) is 4.17. The summed E-state index contributed by atoms with van der Waals surface area (Å²) >= 11 is 0. The van der Waals surface area contributed by atoms with Crippen molar-refractivity contribution < 1.29 is 34.1 Å². The molecule has 0 spiro atoms. The number of esters is 2. The van der Waals surface area contributed by atoms with Crippen molar-refractivity contribution in [3.63, 3.8) is 0 Å². The van der Waals surface area contributed by atoms with Gasteiger partial charge >= 0.3 is 11.9 Å². The molecular weight excluding hydrogens is 208 g/mol. The Bertz CT molecular complexity index is 297. The van der Waals surface area contributed by atoms with Crippen LogP contribution >= 0.6 is 0 Å². The average molecular weight is 218 g/mol. The van der Waals surface area contributed by atoms with Gasteiger partial charge in [0.05, 0.1) is 0 Å². The van der Waals surface area contributed by atoms with Crippen molar-refractivity contribution in [2.75, 3.05) is 6.61 Å². The van der Waals surface area contributed by atoms with Crippen LogP contribution in [-0.4, -0.2) is 52.9 Å². The Hall–Kier alpha value is -1.47. The van der Waals surface area contributed by atoms with Crippen molar-refractivity contribution in [3.8, 4) is 0 Å². The number of Topliss-reactive ketones (excluding diaryl/α,β-unsaturated/α-hetero) is 1. The van der Waals surface area contributed by atoms with E-state index in [9.17, 15) is 19.5 Å². The van der Waals surface area contributed by atoms with E-state index < -0.39 is 42.6 Å². The number of aliphatic hydroxyl groups excluding tert-OH is 2. The number of aliphatic hydroxyl groups is 2. The highest BCUT2D eigenvalue weighted by Crippen LogP contribution is 2.14. The molecule has 1 rings (SSSR count). The molecule has 0 amide bonds. The van der Waals surface area contributed by atoms with E-state index in [1.54, 1.807) is 0 Å². The second-order valence-corrected chi connectivity index (χ2v) is 3.03. The first kappa shape index (κ1) is 11.6. The maximum absolute atomic E-state index is 11.1. The van der Waals surface area contributed by atoms with Gasteiger partial charge in [-0.25, -0.2) is 4.79 Å². The van der Waals surface area contributed by atoms with Crippen molar-refractivity contribution in [3.05, 3.63) is 0 Å². The molecule has 15 heavy (non-hydrogen) atoms. The van der Waals surface area contributed by atoms with Crippen molar-refractivity contribution in [2.45, 2.75) is 25.2 Å². The summed E-state index contributed by atoms with van der Waals surface area (Å²) < 4.78 is 8.82. The van der Waals surface area contributed by atoms with E-state index in [1.165, 1.54) is 0 Å². The quantitative estimate of drug-likeness (QED) is 0.407. The summed E-state index contributed by atoms with van der Waals surface area (Å²) in [6.07, 6.45) is -4.78. The van der Waals surface area contributed by atoms with Gasteiger partial charge in [-0.1, -0.05) is 0 Å². The first-order valence-corrected chi connectivity index (χ1v) is 4.17.